The second kappa shape index (κ2) is 6.31. The minimum atomic E-state index is -4.45. The molecule has 2 unspecified atom stereocenters. The first-order valence-corrected chi connectivity index (χ1v) is 10.3. The molecule has 0 bridgehead atoms. The minimum Gasteiger partial charge on any atom is -0.316 e. The second-order valence-electron chi connectivity index (χ2n) is 5.86. The summed E-state index contributed by atoms with van der Waals surface area (Å²) in [5.41, 5.74) is -0.394. The van der Waals surface area contributed by atoms with Crippen molar-refractivity contribution < 1.29 is 26.4 Å². The van der Waals surface area contributed by atoms with Gasteiger partial charge < -0.3 is 4.90 Å². The van der Waals surface area contributed by atoms with Crippen molar-refractivity contribution in [2.24, 2.45) is 4.99 Å². The van der Waals surface area contributed by atoms with Gasteiger partial charge in [-0.25, -0.2) is 8.42 Å². The highest BCUT2D eigenvalue weighted by Gasteiger charge is 2.49. The van der Waals surface area contributed by atoms with Crippen molar-refractivity contribution in [2.75, 3.05) is 16.4 Å². The monoisotopic (exact) mass is 392 g/mol. The molecule has 0 saturated carbocycles. The summed E-state index contributed by atoms with van der Waals surface area (Å²) in [6.07, 6.45) is -4.26. The third-order valence-corrected chi connectivity index (χ3v) is 7.27. The number of amides is 1. The van der Waals surface area contributed by atoms with Gasteiger partial charge in [0.25, 0.3) is 0 Å². The fourth-order valence-corrected chi connectivity index (χ4v) is 6.79. The molecule has 1 amide bonds. The molecule has 5 nitrogen and oxygen atoms in total. The average molecular weight is 392 g/mol. The van der Waals surface area contributed by atoms with E-state index in [1.165, 1.54) is 23.9 Å². The molecule has 0 radical (unpaired) electrons. The van der Waals surface area contributed by atoms with Crippen LogP contribution in [0.5, 0.6) is 0 Å². The third-order valence-electron chi connectivity index (χ3n) is 4.06. The van der Waals surface area contributed by atoms with Crippen LogP contribution in [0, 0.1) is 0 Å². The number of thioether (sulfide) groups is 1. The standard InChI is InChI=1S/C15H15F3N2O3S2/c1-2-13(21)19-14-20(11-7-25(22,23)8-12(11)24-14)10-5-3-9(4-6-10)15(16,17)18/h3-6,11-12H,2,7-8H2,1H3. The van der Waals surface area contributed by atoms with Gasteiger partial charge in [-0.1, -0.05) is 18.7 Å². The molecular weight excluding hydrogens is 377 g/mol. The highest BCUT2D eigenvalue weighted by Crippen LogP contribution is 2.41. The molecule has 2 aliphatic heterocycles. The summed E-state index contributed by atoms with van der Waals surface area (Å²) in [6, 6.07) is 4.01. The van der Waals surface area contributed by atoms with E-state index >= 15 is 0 Å². The zero-order valence-electron chi connectivity index (χ0n) is 13.2. The SMILES string of the molecule is CCC(=O)N=C1SC2CS(=O)(=O)CC2N1c1ccc(C(F)(F)F)cc1. The first-order chi connectivity index (χ1) is 11.6. The van der Waals surface area contributed by atoms with Crippen molar-refractivity contribution in [1.82, 2.24) is 0 Å². The normalized spacial score (nSPS) is 26.9. The van der Waals surface area contributed by atoms with E-state index in [0.29, 0.717) is 10.9 Å². The summed E-state index contributed by atoms with van der Waals surface area (Å²) in [5.74, 6) is -0.494. The van der Waals surface area contributed by atoms with E-state index in [4.69, 9.17) is 0 Å². The molecular formula is C15H15F3N2O3S2. The van der Waals surface area contributed by atoms with Crippen LogP contribution in [0.4, 0.5) is 18.9 Å². The Morgan fingerprint density at radius 3 is 2.48 bits per heavy atom. The van der Waals surface area contributed by atoms with E-state index in [-0.39, 0.29) is 29.1 Å². The Labute approximate surface area is 147 Å². The fraction of sp³-hybridized carbons (Fsp3) is 0.467. The lowest BCUT2D eigenvalue weighted by Crippen LogP contribution is -2.37. The first-order valence-electron chi connectivity index (χ1n) is 7.56. The number of benzene rings is 1. The molecule has 1 aromatic rings. The number of nitrogens with zero attached hydrogens (tertiary/aromatic N) is 2. The summed E-state index contributed by atoms with van der Waals surface area (Å²) in [4.78, 5) is 17.3. The van der Waals surface area contributed by atoms with E-state index in [0.717, 1.165) is 12.1 Å². The Morgan fingerprint density at radius 1 is 1.28 bits per heavy atom. The number of aliphatic imine (C=N–C) groups is 1. The molecule has 0 aliphatic carbocycles. The van der Waals surface area contributed by atoms with Crippen LogP contribution < -0.4 is 4.90 Å². The van der Waals surface area contributed by atoms with Crippen molar-refractivity contribution in [3.05, 3.63) is 29.8 Å². The van der Waals surface area contributed by atoms with E-state index < -0.39 is 27.6 Å². The number of hydrogen-bond donors (Lipinski definition) is 0. The maximum atomic E-state index is 12.7. The maximum absolute atomic E-state index is 12.7. The lowest BCUT2D eigenvalue weighted by molar-refractivity contribution is -0.137. The third kappa shape index (κ3) is 3.69. The highest BCUT2D eigenvalue weighted by molar-refractivity contribution is 8.16. The zero-order chi connectivity index (χ0) is 18.4. The smallest absolute Gasteiger partial charge is 0.316 e. The molecule has 136 valence electrons. The van der Waals surface area contributed by atoms with Crippen LogP contribution in [0.2, 0.25) is 0 Å². The Balaban J connectivity index is 1.99. The summed E-state index contributed by atoms with van der Waals surface area (Å²) in [5, 5.41) is 0.0622. The van der Waals surface area contributed by atoms with Gasteiger partial charge >= 0.3 is 6.18 Å². The Bertz CT molecular complexity index is 819. The molecule has 0 aromatic heterocycles. The Hall–Kier alpha value is -1.55. The summed E-state index contributed by atoms with van der Waals surface area (Å²) >= 11 is 1.19. The number of amidine groups is 1. The minimum absolute atomic E-state index is 0.0290. The predicted octanol–water partition coefficient (Wildman–Crippen LogP) is 2.72. The van der Waals surface area contributed by atoms with Gasteiger partial charge in [0.1, 0.15) is 0 Å². The second-order valence-corrected chi connectivity index (χ2v) is 9.22. The van der Waals surface area contributed by atoms with Crippen molar-refractivity contribution >= 4 is 38.4 Å². The van der Waals surface area contributed by atoms with Gasteiger partial charge in [0.15, 0.2) is 15.0 Å². The van der Waals surface area contributed by atoms with Crippen molar-refractivity contribution in [2.45, 2.75) is 30.8 Å². The molecule has 0 spiro atoms. The summed E-state index contributed by atoms with van der Waals surface area (Å²) < 4.78 is 62.0. The Kier molecular flexibility index (Phi) is 4.61. The number of sulfone groups is 1. The van der Waals surface area contributed by atoms with E-state index in [2.05, 4.69) is 4.99 Å². The first kappa shape index (κ1) is 18.2. The van der Waals surface area contributed by atoms with E-state index in [1.807, 2.05) is 0 Å². The molecule has 3 rings (SSSR count). The molecule has 25 heavy (non-hydrogen) atoms. The van der Waals surface area contributed by atoms with Gasteiger partial charge in [0.05, 0.1) is 23.1 Å². The molecule has 2 atom stereocenters. The number of alkyl halides is 3. The van der Waals surface area contributed by atoms with Crippen LogP contribution in [0.25, 0.3) is 0 Å². The molecule has 2 saturated heterocycles. The van der Waals surface area contributed by atoms with Gasteiger partial charge in [-0.3, -0.25) is 4.79 Å². The van der Waals surface area contributed by atoms with Crippen LogP contribution in [0.3, 0.4) is 0 Å². The molecule has 1 aromatic carbocycles. The predicted molar refractivity (Wildman–Crippen MR) is 90.5 cm³/mol. The number of halogens is 3. The van der Waals surface area contributed by atoms with Crippen molar-refractivity contribution in [1.29, 1.82) is 0 Å². The quantitative estimate of drug-likeness (QED) is 0.774. The van der Waals surface area contributed by atoms with Crippen LogP contribution in [0.1, 0.15) is 18.9 Å². The number of hydrogen-bond acceptors (Lipinski definition) is 4. The van der Waals surface area contributed by atoms with Crippen LogP contribution >= 0.6 is 11.8 Å². The molecule has 2 aliphatic rings. The lowest BCUT2D eigenvalue weighted by atomic mass is 10.1. The summed E-state index contributed by atoms with van der Waals surface area (Å²) in [6.45, 7) is 1.65. The number of rotatable bonds is 2. The van der Waals surface area contributed by atoms with Crippen molar-refractivity contribution in [3.63, 3.8) is 0 Å². The van der Waals surface area contributed by atoms with Crippen LogP contribution in [-0.2, 0) is 20.8 Å². The van der Waals surface area contributed by atoms with Gasteiger partial charge in [-0.2, -0.15) is 18.2 Å². The zero-order valence-corrected chi connectivity index (χ0v) is 14.8. The fourth-order valence-electron chi connectivity index (χ4n) is 2.86. The van der Waals surface area contributed by atoms with Gasteiger partial charge in [-0.05, 0) is 24.3 Å². The van der Waals surface area contributed by atoms with Gasteiger partial charge in [-0.15, -0.1) is 0 Å². The van der Waals surface area contributed by atoms with E-state index in [9.17, 15) is 26.4 Å². The number of carbonyl (C=O) groups excluding carboxylic acids is 1. The molecule has 2 heterocycles. The highest BCUT2D eigenvalue weighted by atomic mass is 32.2. The molecule has 0 N–H and O–H groups in total. The Morgan fingerprint density at radius 2 is 1.92 bits per heavy atom. The average Bonchev–Trinajstić information content (AvgIpc) is 2.97. The lowest BCUT2D eigenvalue weighted by Gasteiger charge is -2.24. The van der Waals surface area contributed by atoms with Gasteiger partial charge in [0.2, 0.25) is 5.91 Å². The number of anilines is 1. The largest absolute Gasteiger partial charge is 0.416 e. The van der Waals surface area contributed by atoms with Gasteiger partial charge in [0, 0.05) is 17.4 Å². The number of fused-ring (bicyclic) bond motifs is 1. The topological polar surface area (TPSA) is 66.8 Å². The maximum Gasteiger partial charge on any atom is 0.416 e. The molecule has 10 heteroatoms. The van der Waals surface area contributed by atoms with Crippen LogP contribution in [-0.4, -0.2) is 42.3 Å². The summed E-state index contributed by atoms with van der Waals surface area (Å²) in [7, 11) is -3.22. The number of carbonyl (C=O) groups is 1. The van der Waals surface area contributed by atoms with E-state index in [1.54, 1.807) is 11.8 Å². The van der Waals surface area contributed by atoms with Crippen LogP contribution in [0.15, 0.2) is 29.3 Å². The van der Waals surface area contributed by atoms with Crippen molar-refractivity contribution in [3.8, 4) is 0 Å². The molecule has 2 fully saturated rings.